The van der Waals surface area contributed by atoms with E-state index in [1.165, 1.54) is 6.92 Å². The largest absolute Gasteiger partial charge is 0.493 e. The Morgan fingerprint density at radius 2 is 1.91 bits per heavy atom. The van der Waals surface area contributed by atoms with Crippen LogP contribution in [0.5, 0.6) is 5.75 Å². The van der Waals surface area contributed by atoms with Gasteiger partial charge in [-0.2, -0.15) is 17.6 Å². The molecule has 0 unspecified atom stereocenters. The normalized spacial score (nSPS) is 31.4. The summed E-state index contributed by atoms with van der Waals surface area (Å²) in [6.45, 7) is 1.49. The number of benzene rings is 1. The average Bonchev–Trinajstić information content (AvgIpc) is 2.74. The lowest BCUT2D eigenvalue weighted by atomic mass is 9.77. The lowest BCUT2D eigenvalue weighted by molar-refractivity contribution is -0.275. The highest BCUT2D eigenvalue weighted by Crippen LogP contribution is 2.54. The smallest absolute Gasteiger partial charge is 0.417 e. The molecule has 0 radical (unpaired) electrons. The van der Waals surface area contributed by atoms with Gasteiger partial charge in [-0.05, 0) is 13.0 Å². The number of hydrogen-bond donors (Lipinski definition) is 1. The molecule has 2 rings (SSSR count). The zero-order valence-corrected chi connectivity index (χ0v) is 12.7. The quantitative estimate of drug-likeness (QED) is 0.857. The number of halogens is 5. The highest BCUT2D eigenvalue weighted by Gasteiger charge is 2.64. The third-order valence-electron chi connectivity index (χ3n) is 4.59. The van der Waals surface area contributed by atoms with Crippen molar-refractivity contribution in [3.63, 3.8) is 0 Å². The van der Waals surface area contributed by atoms with Crippen LogP contribution in [0.2, 0.25) is 0 Å². The first kappa shape index (κ1) is 17.9. The number of hydrogen-bond acceptors (Lipinski definition) is 3. The van der Waals surface area contributed by atoms with E-state index >= 15 is 0 Å². The fourth-order valence-electron chi connectivity index (χ4n) is 3.12. The van der Waals surface area contributed by atoms with Gasteiger partial charge < -0.3 is 14.6 Å². The molecule has 1 fully saturated rings. The molecule has 1 saturated heterocycles. The van der Waals surface area contributed by atoms with E-state index in [4.69, 9.17) is 9.47 Å². The fourth-order valence-corrected chi connectivity index (χ4v) is 3.12. The van der Waals surface area contributed by atoms with Crippen LogP contribution in [-0.2, 0) is 4.74 Å². The Kier molecular flexibility index (Phi) is 4.60. The first-order valence-corrected chi connectivity index (χ1v) is 6.95. The predicted octanol–water partition coefficient (Wildman–Crippen LogP) is 3.41. The Balaban J connectivity index is 2.57. The molecule has 1 aromatic carbocycles. The lowest BCUT2D eigenvalue weighted by Crippen LogP contribution is -2.47. The standard InChI is InChI=1S/C15H17F5O3/c1-7-11(8-4-5-9(16)12(17)13(8)22-3)10(6-21)23-14(7,2)15(18,19)20/h4-5,7,10-11,21H,6H2,1-3H3/t7-,10-,11-,14+/m0/s1. The maximum Gasteiger partial charge on any atom is 0.417 e. The second kappa shape index (κ2) is 5.90. The molecule has 0 aliphatic carbocycles. The van der Waals surface area contributed by atoms with Gasteiger partial charge in [-0.25, -0.2) is 4.39 Å². The molecule has 1 heterocycles. The molecule has 1 aliphatic heterocycles. The summed E-state index contributed by atoms with van der Waals surface area (Å²) >= 11 is 0. The molecular weight excluding hydrogens is 323 g/mol. The fraction of sp³-hybridized carbons (Fsp3) is 0.600. The van der Waals surface area contributed by atoms with E-state index in [0.29, 0.717) is 0 Å². The van der Waals surface area contributed by atoms with Crippen LogP contribution in [0.15, 0.2) is 12.1 Å². The van der Waals surface area contributed by atoms with Crippen molar-refractivity contribution in [3.05, 3.63) is 29.3 Å². The highest BCUT2D eigenvalue weighted by atomic mass is 19.4. The van der Waals surface area contributed by atoms with Gasteiger partial charge in [-0.15, -0.1) is 0 Å². The van der Waals surface area contributed by atoms with Gasteiger partial charge >= 0.3 is 6.18 Å². The van der Waals surface area contributed by atoms with E-state index in [-0.39, 0.29) is 5.56 Å². The molecule has 1 N–H and O–H groups in total. The number of alkyl halides is 3. The summed E-state index contributed by atoms with van der Waals surface area (Å²) in [5.41, 5.74) is -2.48. The first-order chi connectivity index (χ1) is 10.6. The first-order valence-electron chi connectivity index (χ1n) is 6.95. The maximum absolute atomic E-state index is 13.9. The van der Waals surface area contributed by atoms with E-state index in [0.717, 1.165) is 26.2 Å². The number of rotatable bonds is 3. The van der Waals surface area contributed by atoms with Crippen LogP contribution in [-0.4, -0.2) is 36.7 Å². The van der Waals surface area contributed by atoms with Gasteiger partial charge in [0.05, 0.1) is 19.8 Å². The Hall–Kier alpha value is -1.41. The molecule has 130 valence electrons. The third kappa shape index (κ3) is 2.67. The molecule has 3 nitrogen and oxygen atoms in total. The van der Waals surface area contributed by atoms with Crippen LogP contribution in [0.4, 0.5) is 22.0 Å². The number of aliphatic hydroxyl groups is 1. The maximum atomic E-state index is 13.9. The van der Waals surface area contributed by atoms with Crippen molar-refractivity contribution >= 4 is 0 Å². The van der Waals surface area contributed by atoms with Crippen molar-refractivity contribution in [2.24, 2.45) is 5.92 Å². The predicted molar refractivity (Wildman–Crippen MR) is 71.2 cm³/mol. The van der Waals surface area contributed by atoms with Crippen LogP contribution in [0, 0.1) is 17.6 Å². The van der Waals surface area contributed by atoms with Crippen molar-refractivity contribution in [3.8, 4) is 5.75 Å². The Labute approximate surface area is 130 Å². The summed E-state index contributed by atoms with van der Waals surface area (Å²) in [5.74, 6) is -5.07. The van der Waals surface area contributed by atoms with E-state index in [9.17, 15) is 27.1 Å². The van der Waals surface area contributed by atoms with E-state index in [1.54, 1.807) is 0 Å². The van der Waals surface area contributed by atoms with Gasteiger partial charge in [-0.1, -0.05) is 13.0 Å². The minimum atomic E-state index is -4.68. The van der Waals surface area contributed by atoms with Crippen molar-refractivity contribution < 1.29 is 36.5 Å². The second-order valence-electron chi connectivity index (χ2n) is 5.74. The summed E-state index contributed by atoms with van der Waals surface area (Å²) < 4.78 is 77.1. The monoisotopic (exact) mass is 340 g/mol. The van der Waals surface area contributed by atoms with Crippen LogP contribution in [0.1, 0.15) is 25.3 Å². The highest BCUT2D eigenvalue weighted by molar-refractivity contribution is 5.40. The van der Waals surface area contributed by atoms with Crippen molar-refractivity contribution in [1.82, 2.24) is 0 Å². The lowest BCUT2D eigenvalue weighted by Gasteiger charge is -2.32. The van der Waals surface area contributed by atoms with E-state index in [2.05, 4.69) is 0 Å². The molecule has 0 saturated carbocycles. The molecule has 23 heavy (non-hydrogen) atoms. The third-order valence-corrected chi connectivity index (χ3v) is 4.59. The summed E-state index contributed by atoms with van der Waals surface area (Å²) in [6, 6.07) is 1.98. The number of ether oxygens (including phenoxy) is 2. The zero-order chi connectivity index (χ0) is 17.6. The molecule has 0 spiro atoms. The van der Waals surface area contributed by atoms with Crippen molar-refractivity contribution in [2.45, 2.75) is 37.6 Å². The van der Waals surface area contributed by atoms with Gasteiger partial charge in [-0.3, -0.25) is 0 Å². The number of methoxy groups -OCH3 is 1. The molecule has 8 heteroatoms. The summed E-state index contributed by atoms with van der Waals surface area (Å²) in [4.78, 5) is 0. The minimum absolute atomic E-state index is 0.0333. The summed E-state index contributed by atoms with van der Waals surface area (Å²) in [6.07, 6.45) is -5.89. The van der Waals surface area contributed by atoms with Crippen LogP contribution in [0.3, 0.4) is 0 Å². The molecule has 1 aliphatic rings. The average molecular weight is 340 g/mol. The molecule has 0 bridgehead atoms. The SMILES string of the molecule is COc1c([C@H]2[C@H](CO)O[C@@](C)(C(F)(F)F)[C@H]2C)ccc(F)c1F. The zero-order valence-electron chi connectivity index (χ0n) is 12.7. The molecule has 0 aromatic heterocycles. The Morgan fingerprint density at radius 3 is 2.39 bits per heavy atom. The number of aliphatic hydroxyl groups excluding tert-OH is 1. The van der Waals surface area contributed by atoms with Crippen LogP contribution in [0.25, 0.3) is 0 Å². The molecular formula is C15H17F5O3. The summed E-state index contributed by atoms with van der Waals surface area (Å²) in [7, 11) is 1.10. The topological polar surface area (TPSA) is 38.7 Å². The van der Waals surface area contributed by atoms with Gasteiger partial charge in [0.1, 0.15) is 0 Å². The second-order valence-corrected chi connectivity index (χ2v) is 5.74. The Morgan fingerprint density at radius 1 is 1.30 bits per heavy atom. The van der Waals surface area contributed by atoms with Gasteiger partial charge in [0.15, 0.2) is 17.2 Å². The summed E-state index contributed by atoms with van der Waals surface area (Å²) in [5, 5.41) is 9.40. The van der Waals surface area contributed by atoms with Crippen molar-refractivity contribution in [2.75, 3.05) is 13.7 Å². The molecule has 0 amide bonds. The molecule has 1 aromatic rings. The van der Waals surface area contributed by atoms with Gasteiger partial charge in [0.25, 0.3) is 0 Å². The van der Waals surface area contributed by atoms with Crippen molar-refractivity contribution in [1.29, 1.82) is 0 Å². The van der Waals surface area contributed by atoms with E-state index < -0.39 is 53.7 Å². The Bertz CT molecular complexity index is 589. The van der Waals surface area contributed by atoms with Crippen LogP contribution >= 0.6 is 0 Å². The van der Waals surface area contributed by atoms with Gasteiger partial charge in [0.2, 0.25) is 5.82 Å². The van der Waals surface area contributed by atoms with Crippen LogP contribution < -0.4 is 4.74 Å². The van der Waals surface area contributed by atoms with Gasteiger partial charge in [0, 0.05) is 17.4 Å². The van der Waals surface area contributed by atoms with E-state index in [1.807, 2.05) is 0 Å². The molecule has 4 atom stereocenters. The minimum Gasteiger partial charge on any atom is -0.493 e.